The van der Waals surface area contributed by atoms with E-state index >= 15 is 0 Å². The molecule has 1 spiro atoms. The van der Waals surface area contributed by atoms with Gasteiger partial charge in [0.25, 0.3) is 5.91 Å². The summed E-state index contributed by atoms with van der Waals surface area (Å²) in [6, 6.07) is 7.41. The summed E-state index contributed by atoms with van der Waals surface area (Å²) in [5, 5.41) is 0. The molecule has 0 radical (unpaired) electrons. The molecule has 1 aromatic rings. The van der Waals surface area contributed by atoms with Crippen LogP contribution in [-0.2, 0) is 0 Å². The quantitative estimate of drug-likeness (QED) is 0.825. The Bertz CT molecular complexity index is 500. The van der Waals surface area contributed by atoms with Gasteiger partial charge in [0.1, 0.15) is 5.75 Å². The average molecular weight is 274 g/mol. The van der Waals surface area contributed by atoms with E-state index in [1.165, 1.54) is 6.42 Å². The lowest BCUT2D eigenvalue weighted by molar-refractivity contribution is 0.0774. The summed E-state index contributed by atoms with van der Waals surface area (Å²) in [4.78, 5) is 16.9. The lowest BCUT2D eigenvalue weighted by Gasteiger charge is -2.23. The fourth-order valence-electron chi connectivity index (χ4n) is 3.52. The number of rotatable bonds is 2. The third-order valence-electron chi connectivity index (χ3n) is 4.69. The van der Waals surface area contributed by atoms with Crippen LogP contribution in [0.2, 0.25) is 0 Å². The molecule has 0 aromatic heterocycles. The van der Waals surface area contributed by atoms with Crippen LogP contribution in [0, 0.1) is 5.41 Å². The molecule has 0 bridgehead atoms. The second-order valence-electron chi connectivity index (χ2n) is 6.19. The van der Waals surface area contributed by atoms with Gasteiger partial charge in [0, 0.05) is 30.6 Å². The molecule has 4 nitrogen and oxygen atoms in total. The molecule has 2 aliphatic rings. The highest BCUT2D eigenvalue weighted by Gasteiger charge is 2.43. The van der Waals surface area contributed by atoms with E-state index in [0.717, 1.165) is 43.9 Å². The Labute approximate surface area is 120 Å². The third kappa shape index (κ3) is 2.40. The molecule has 0 N–H and O–H groups in total. The van der Waals surface area contributed by atoms with Gasteiger partial charge in [0.05, 0.1) is 7.11 Å². The van der Waals surface area contributed by atoms with E-state index in [4.69, 9.17) is 4.74 Å². The van der Waals surface area contributed by atoms with Crippen LogP contribution in [-0.4, -0.2) is 56.0 Å². The van der Waals surface area contributed by atoms with Crippen molar-refractivity contribution in [1.29, 1.82) is 0 Å². The molecule has 0 saturated carbocycles. The second-order valence-corrected chi connectivity index (χ2v) is 6.19. The largest absolute Gasteiger partial charge is 0.497 e. The second kappa shape index (κ2) is 5.09. The molecule has 2 saturated heterocycles. The lowest BCUT2D eigenvalue weighted by Crippen LogP contribution is -2.33. The van der Waals surface area contributed by atoms with Crippen molar-refractivity contribution in [2.45, 2.75) is 12.8 Å². The van der Waals surface area contributed by atoms with Crippen LogP contribution < -0.4 is 4.74 Å². The van der Waals surface area contributed by atoms with Gasteiger partial charge >= 0.3 is 0 Å². The normalized spacial score (nSPS) is 26.4. The van der Waals surface area contributed by atoms with E-state index in [2.05, 4.69) is 11.9 Å². The Morgan fingerprint density at radius 1 is 1.15 bits per heavy atom. The zero-order valence-corrected chi connectivity index (χ0v) is 12.3. The Morgan fingerprint density at radius 2 is 1.85 bits per heavy atom. The zero-order valence-electron chi connectivity index (χ0n) is 12.3. The van der Waals surface area contributed by atoms with Crippen molar-refractivity contribution in [2.24, 2.45) is 5.41 Å². The summed E-state index contributed by atoms with van der Waals surface area (Å²) < 4.78 is 5.13. The van der Waals surface area contributed by atoms with Crippen LogP contribution in [0.4, 0.5) is 0 Å². The summed E-state index contributed by atoms with van der Waals surface area (Å²) in [7, 11) is 3.81. The first-order valence-corrected chi connectivity index (χ1v) is 7.24. The third-order valence-corrected chi connectivity index (χ3v) is 4.69. The van der Waals surface area contributed by atoms with Crippen molar-refractivity contribution in [2.75, 3.05) is 40.3 Å². The Kier molecular flexibility index (Phi) is 3.42. The van der Waals surface area contributed by atoms with Gasteiger partial charge in [-0.3, -0.25) is 4.79 Å². The molecule has 1 aromatic carbocycles. The average Bonchev–Trinajstić information content (AvgIpc) is 3.05. The molecule has 1 unspecified atom stereocenters. The van der Waals surface area contributed by atoms with E-state index in [-0.39, 0.29) is 5.91 Å². The molecule has 1 atom stereocenters. The van der Waals surface area contributed by atoms with Crippen molar-refractivity contribution in [3.8, 4) is 5.75 Å². The van der Waals surface area contributed by atoms with Crippen LogP contribution in [0.1, 0.15) is 23.2 Å². The van der Waals surface area contributed by atoms with Crippen molar-refractivity contribution in [1.82, 2.24) is 9.80 Å². The molecule has 2 heterocycles. The number of carbonyl (C=O) groups excluding carboxylic acids is 1. The standard InChI is InChI=1S/C16H22N2O2/c1-17-9-7-16(11-17)8-10-18(12-16)15(19)13-3-5-14(20-2)6-4-13/h3-6H,7-12H2,1-2H3. The minimum absolute atomic E-state index is 0.152. The minimum atomic E-state index is 0.152. The van der Waals surface area contributed by atoms with Crippen molar-refractivity contribution < 1.29 is 9.53 Å². The van der Waals surface area contributed by atoms with Gasteiger partial charge in [-0.25, -0.2) is 0 Å². The minimum Gasteiger partial charge on any atom is -0.497 e. The number of benzene rings is 1. The summed E-state index contributed by atoms with van der Waals surface area (Å²) in [5.41, 5.74) is 1.10. The number of ether oxygens (including phenoxy) is 1. The first-order chi connectivity index (χ1) is 9.62. The summed E-state index contributed by atoms with van der Waals surface area (Å²) in [6.07, 6.45) is 2.36. The van der Waals surface area contributed by atoms with Gasteiger partial charge in [-0.1, -0.05) is 0 Å². The van der Waals surface area contributed by atoms with Crippen molar-refractivity contribution in [3.63, 3.8) is 0 Å². The number of methoxy groups -OCH3 is 1. The van der Waals surface area contributed by atoms with E-state index in [9.17, 15) is 4.79 Å². The Balaban J connectivity index is 1.69. The highest BCUT2D eigenvalue weighted by Crippen LogP contribution is 2.39. The van der Waals surface area contributed by atoms with E-state index in [1.807, 2.05) is 29.2 Å². The smallest absolute Gasteiger partial charge is 0.253 e. The van der Waals surface area contributed by atoms with E-state index in [0.29, 0.717) is 5.41 Å². The first kappa shape index (κ1) is 13.4. The maximum absolute atomic E-state index is 12.5. The topological polar surface area (TPSA) is 32.8 Å². The maximum atomic E-state index is 12.5. The van der Waals surface area contributed by atoms with Gasteiger partial charge < -0.3 is 14.5 Å². The Hall–Kier alpha value is -1.55. The predicted octanol–water partition coefficient (Wildman–Crippen LogP) is 1.86. The van der Waals surface area contributed by atoms with Crippen LogP contribution >= 0.6 is 0 Å². The number of nitrogens with zero attached hydrogens (tertiary/aromatic N) is 2. The van der Waals surface area contributed by atoms with Gasteiger partial charge in [0.2, 0.25) is 0 Å². The number of amides is 1. The monoisotopic (exact) mass is 274 g/mol. The number of hydrogen-bond acceptors (Lipinski definition) is 3. The van der Waals surface area contributed by atoms with Gasteiger partial charge in [-0.2, -0.15) is 0 Å². The van der Waals surface area contributed by atoms with Gasteiger partial charge in [0.15, 0.2) is 0 Å². The highest BCUT2D eigenvalue weighted by molar-refractivity contribution is 5.94. The predicted molar refractivity (Wildman–Crippen MR) is 78.1 cm³/mol. The molecule has 2 aliphatic heterocycles. The fraction of sp³-hybridized carbons (Fsp3) is 0.562. The van der Waals surface area contributed by atoms with Crippen LogP contribution in [0.25, 0.3) is 0 Å². The molecule has 2 fully saturated rings. The highest BCUT2D eigenvalue weighted by atomic mass is 16.5. The molecule has 0 aliphatic carbocycles. The molecular formula is C16H22N2O2. The molecule has 3 rings (SSSR count). The van der Waals surface area contributed by atoms with Crippen molar-refractivity contribution in [3.05, 3.63) is 29.8 Å². The van der Waals surface area contributed by atoms with Crippen LogP contribution in [0.3, 0.4) is 0 Å². The van der Waals surface area contributed by atoms with E-state index in [1.54, 1.807) is 7.11 Å². The van der Waals surface area contributed by atoms with Crippen LogP contribution in [0.15, 0.2) is 24.3 Å². The first-order valence-electron chi connectivity index (χ1n) is 7.24. The molecule has 1 amide bonds. The molecule has 4 heteroatoms. The summed E-state index contributed by atoms with van der Waals surface area (Å²) in [6.45, 7) is 4.07. The number of carbonyl (C=O) groups is 1. The zero-order chi connectivity index (χ0) is 14.2. The number of hydrogen-bond donors (Lipinski definition) is 0. The maximum Gasteiger partial charge on any atom is 0.253 e. The molecular weight excluding hydrogens is 252 g/mol. The molecule has 20 heavy (non-hydrogen) atoms. The SMILES string of the molecule is COc1ccc(C(=O)N2CCC3(CCN(C)C3)C2)cc1. The van der Waals surface area contributed by atoms with Gasteiger partial charge in [-0.15, -0.1) is 0 Å². The molecule has 108 valence electrons. The van der Waals surface area contributed by atoms with Crippen LogP contribution in [0.5, 0.6) is 5.75 Å². The number of likely N-dealkylation sites (tertiary alicyclic amines) is 2. The van der Waals surface area contributed by atoms with E-state index < -0.39 is 0 Å². The lowest BCUT2D eigenvalue weighted by atomic mass is 9.86. The van der Waals surface area contributed by atoms with Crippen molar-refractivity contribution >= 4 is 5.91 Å². The summed E-state index contributed by atoms with van der Waals surface area (Å²) in [5.74, 6) is 0.941. The fourth-order valence-corrected chi connectivity index (χ4v) is 3.52. The van der Waals surface area contributed by atoms with Gasteiger partial charge in [-0.05, 0) is 50.7 Å². The Morgan fingerprint density at radius 3 is 2.45 bits per heavy atom. The summed E-state index contributed by atoms with van der Waals surface area (Å²) >= 11 is 0.